The van der Waals surface area contributed by atoms with Crippen LogP contribution in [0.3, 0.4) is 0 Å². The molecule has 0 fully saturated rings. The molecule has 1 aromatic rings. The third-order valence-corrected chi connectivity index (χ3v) is 3.64. The quantitative estimate of drug-likeness (QED) is 0.475. The third-order valence-electron chi connectivity index (χ3n) is 2.17. The summed E-state index contributed by atoms with van der Waals surface area (Å²) in [6.07, 6.45) is 0. The van der Waals surface area contributed by atoms with E-state index in [0.29, 0.717) is 5.03 Å². The second kappa shape index (κ2) is 5.67. The van der Waals surface area contributed by atoms with Crippen LogP contribution in [-0.2, 0) is 4.79 Å². The van der Waals surface area contributed by atoms with Crippen LogP contribution in [0, 0.1) is 16.0 Å². The standard InChI is InChI=1S/C10H13N3O4S/c1-5(2)8(10(14)15)18-7-4-3-6(13(16)17)9(11)12-7/h3-5,8H,1-2H3,(H2,11,12)(H,14,15). The lowest BCUT2D eigenvalue weighted by Gasteiger charge is -2.14. The first-order valence-electron chi connectivity index (χ1n) is 5.13. The van der Waals surface area contributed by atoms with Crippen molar-refractivity contribution in [2.24, 2.45) is 5.92 Å². The largest absolute Gasteiger partial charge is 0.480 e. The molecule has 0 saturated heterocycles. The fourth-order valence-corrected chi connectivity index (χ4v) is 2.20. The first-order chi connectivity index (χ1) is 8.32. The summed E-state index contributed by atoms with van der Waals surface area (Å²) in [5, 5.41) is 19.3. The molecular formula is C10H13N3O4S. The number of pyridine rings is 1. The molecule has 1 rings (SSSR count). The van der Waals surface area contributed by atoms with Crippen molar-refractivity contribution in [2.45, 2.75) is 24.1 Å². The van der Waals surface area contributed by atoms with E-state index < -0.39 is 16.1 Å². The molecule has 0 aromatic carbocycles. The molecule has 3 N–H and O–H groups in total. The summed E-state index contributed by atoms with van der Waals surface area (Å²) >= 11 is 1.03. The fraction of sp³-hybridized carbons (Fsp3) is 0.400. The molecule has 0 aliphatic carbocycles. The van der Waals surface area contributed by atoms with Gasteiger partial charge in [0.2, 0.25) is 5.82 Å². The van der Waals surface area contributed by atoms with Gasteiger partial charge in [0.25, 0.3) is 0 Å². The van der Waals surface area contributed by atoms with E-state index in [1.165, 1.54) is 12.1 Å². The van der Waals surface area contributed by atoms with Gasteiger partial charge < -0.3 is 10.8 Å². The number of carboxylic acid groups (broad SMARTS) is 1. The molecule has 0 saturated carbocycles. The Kier molecular flexibility index (Phi) is 4.49. The van der Waals surface area contributed by atoms with Crippen molar-refractivity contribution in [2.75, 3.05) is 5.73 Å². The maximum Gasteiger partial charge on any atom is 0.317 e. The van der Waals surface area contributed by atoms with Gasteiger partial charge in [0.15, 0.2) is 0 Å². The lowest BCUT2D eigenvalue weighted by atomic mass is 10.1. The lowest BCUT2D eigenvalue weighted by Crippen LogP contribution is -2.22. The number of aromatic nitrogens is 1. The highest BCUT2D eigenvalue weighted by Gasteiger charge is 2.24. The summed E-state index contributed by atoms with van der Waals surface area (Å²) in [6, 6.07) is 2.63. The van der Waals surface area contributed by atoms with Crippen molar-refractivity contribution >= 4 is 29.2 Å². The van der Waals surface area contributed by atoms with Gasteiger partial charge in [-0.25, -0.2) is 4.98 Å². The monoisotopic (exact) mass is 271 g/mol. The predicted octanol–water partition coefficient (Wildman–Crippen LogP) is 1.77. The Morgan fingerprint density at radius 1 is 1.56 bits per heavy atom. The van der Waals surface area contributed by atoms with Crippen LogP contribution in [0.15, 0.2) is 17.2 Å². The maximum atomic E-state index is 11.0. The predicted molar refractivity (Wildman–Crippen MR) is 67.4 cm³/mol. The van der Waals surface area contributed by atoms with Crippen molar-refractivity contribution < 1.29 is 14.8 Å². The number of rotatable bonds is 5. The minimum atomic E-state index is -0.950. The zero-order valence-corrected chi connectivity index (χ0v) is 10.7. The zero-order valence-electron chi connectivity index (χ0n) is 9.86. The zero-order chi connectivity index (χ0) is 13.9. The molecule has 1 aromatic heterocycles. The number of aliphatic carboxylic acids is 1. The van der Waals surface area contributed by atoms with E-state index in [1.807, 2.05) is 0 Å². The Hall–Kier alpha value is -1.83. The van der Waals surface area contributed by atoms with Gasteiger partial charge in [0.1, 0.15) is 5.25 Å². The summed E-state index contributed by atoms with van der Waals surface area (Å²) in [6.45, 7) is 3.56. The Morgan fingerprint density at radius 2 is 2.17 bits per heavy atom. The van der Waals surface area contributed by atoms with Gasteiger partial charge in [-0.3, -0.25) is 14.9 Å². The van der Waals surface area contributed by atoms with Crippen molar-refractivity contribution in [1.82, 2.24) is 4.98 Å². The second-order valence-corrected chi connectivity index (χ2v) is 5.09. The Bertz CT molecular complexity index is 478. The van der Waals surface area contributed by atoms with Gasteiger partial charge in [0.05, 0.1) is 9.95 Å². The normalized spacial score (nSPS) is 12.4. The number of nitrogens with two attached hydrogens (primary N) is 1. The lowest BCUT2D eigenvalue weighted by molar-refractivity contribution is -0.384. The van der Waals surface area contributed by atoms with Crippen molar-refractivity contribution in [3.8, 4) is 0 Å². The highest BCUT2D eigenvalue weighted by molar-refractivity contribution is 8.00. The van der Waals surface area contributed by atoms with Crippen molar-refractivity contribution in [3.63, 3.8) is 0 Å². The molecule has 1 atom stereocenters. The molecule has 7 nitrogen and oxygen atoms in total. The topological polar surface area (TPSA) is 119 Å². The second-order valence-electron chi connectivity index (χ2n) is 3.93. The fourth-order valence-electron chi connectivity index (χ4n) is 1.27. The van der Waals surface area contributed by atoms with Crippen LogP contribution in [-0.4, -0.2) is 26.2 Å². The smallest absolute Gasteiger partial charge is 0.317 e. The molecule has 1 heterocycles. The van der Waals surface area contributed by atoms with Gasteiger partial charge >= 0.3 is 11.7 Å². The van der Waals surface area contributed by atoms with E-state index >= 15 is 0 Å². The number of carboxylic acids is 1. The van der Waals surface area contributed by atoms with Gasteiger partial charge in [-0.2, -0.15) is 0 Å². The average molecular weight is 271 g/mol. The maximum absolute atomic E-state index is 11.0. The molecule has 8 heteroatoms. The van der Waals surface area contributed by atoms with Crippen LogP contribution in [0.1, 0.15) is 13.8 Å². The molecular weight excluding hydrogens is 258 g/mol. The molecule has 1 unspecified atom stereocenters. The van der Waals surface area contributed by atoms with Crippen LogP contribution < -0.4 is 5.73 Å². The number of carbonyl (C=O) groups is 1. The van der Waals surface area contributed by atoms with Gasteiger partial charge in [-0.15, -0.1) is 0 Å². The van der Waals surface area contributed by atoms with Gasteiger partial charge in [-0.1, -0.05) is 25.6 Å². The molecule has 0 aliphatic rings. The number of anilines is 1. The molecule has 0 spiro atoms. The van der Waals surface area contributed by atoms with E-state index in [0.717, 1.165) is 11.8 Å². The minimum Gasteiger partial charge on any atom is -0.480 e. The first-order valence-corrected chi connectivity index (χ1v) is 6.01. The molecule has 98 valence electrons. The van der Waals surface area contributed by atoms with Crippen LogP contribution in [0.2, 0.25) is 0 Å². The molecule has 18 heavy (non-hydrogen) atoms. The number of nitrogen functional groups attached to an aromatic ring is 1. The summed E-state index contributed by atoms with van der Waals surface area (Å²) in [5.41, 5.74) is 5.16. The Labute approximate surface area is 108 Å². The summed E-state index contributed by atoms with van der Waals surface area (Å²) in [5.74, 6) is -1.25. The van der Waals surface area contributed by atoms with Crippen LogP contribution in [0.5, 0.6) is 0 Å². The molecule has 0 radical (unpaired) electrons. The number of thioether (sulfide) groups is 1. The summed E-state index contributed by atoms with van der Waals surface area (Å²) in [7, 11) is 0. The molecule has 0 bridgehead atoms. The molecule has 0 aliphatic heterocycles. The van der Waals surface area contributed by atoms with E-state index in [2.05, 4.69) is 4.98 Å². The van der Waals surface area contributed by atoms with Crippen molar-refractivity contribution in [1.29, 1.82) is 0 Å². The van der Waals surface area contributed by atoms with Gasteiger partial charge in [-0.05, 0) is 12.0 Å². The summed E-state index contributed by atoms with van der Waals surface area (Å²) in [4.78, 5) is 24.8. The van der Waals surface area contributed by atoms with Crippen LogP contribution >= 0.6 is 11.8 Å². The Morgan fingerprint density at radius 3 is 2.56 bits per heavy atom. The first kappa shape index (κ1) is 14.2. The van der Waals surface area contributed by atoms with Crippen LogP contribution in [0.4, 0.5) is 11.5 Å². The van der Waals surface area contributed by atoms with Crippen molar-refractivity contribution in [3.05, 3.63) is 22.2 Å². The number of nitrogens with zero attached hydrogens (tertiary/aromatic N) is 2. The highest BCUT2D eigenvalue weighted by Crippen LogP contribution is 2.30. The molecule has 0 amide bonds. The van der Waals surface area contributed by atoms with Crippen LogP contribution in [0.25, 0.3) is 0 Å². The van der Waals surface area contributed by atoms with E-state index in [1.54, 1.807) is 13.8 Å². The summed E-state index contributed by atoms with van der Waals surface area (Å²) < 4.78 is 0. The SMILES string of the molecule is CC(C)C(Sc1ccc([N+](=O)[O-])c(N)n1)C(=O)O. The van der Waals surface area contributed by atoms with E-state index in [9.17, 15) is 14.9 Å². The minimum absolute atomic E-state index is 0.0919. The van der Waals surface area contributed by atoms with E-state index in [-0.39, 0.29) is 17.4 Å². The third kappa shape index (κ3) is 3.33. The van der Waals surface area contributed by atoms with E-state index in [4.69, 9.17) is 10.8 Å². The Balaban J connectivity index is 2.95. The highest BCUT2D eigenvalue weighted by atomic mass is 32.2. The average Bonchev–Trinajstić information content (AvgIpc) is 2.24. The van der Waals surface area contributed by atoms with Gasteiger partial charge in [0, 0.05) is 6.07 Å². The number of hydrogen-bond acceptors (Lipinski definition) is 6. The number of hydrogen-bond donors (Lipinski definition) is 2. The number of nitro groups is 1.